The number of carbonyl (C=O) groups is 1. The van der Waals surface area contributed by atoms with Crippen LogP contribution in [0.15, 0.2) is 67.3 Å². The minimum absolute atomic E-state index is 0.274. The largest absolute Gasteiger partial charge is 0.462 e. The van der Waals surface area contributed by atoms with Crippen LogP contribution in [0.3, 0.4) is 0 Å². The Morgan fingerprint density at radius 1 is 1.10 bits per heavy atom. The number of ether oxygens (including phenoxy) is 1. The van der Waals surface area contributed by atoms with Crippen molar-refractivity contribution in [3.8, 4) is 5.69 Å². The molecule has 0 radical (unpaired) electrons. The van der Waals surface area contributed by atoms with Crippen molar-refractivity contribution < 1.29 is 9.53 Å². The molecule has 0 spiro atoms. The summed E-state index contributed by atoms with van der Waals surface area (Å²) in [5.41, 5.74) is 2.99. The summed E-state index contributed by atoms with van der Waals surface area (Å²) in [6.45, 7) is 0.274. The lowest BCUT2D eigenvalue weighted by Crippen LogP contribution is -2.07. The van der Waals surface area contributed by atoms with Crippen LogP contribution in [-0.4, -0.2) is 41.7 Å². The van der Waals surface area contributed by atoms with E-state index in [0.717, 1.165) is 16.7 Å². The summed E-state index contributed by atoms with van der Waals surface area (Å²) >= 11 is 5.98. The molecule has 31 heavy (non-hydrogen) atoms. The summed E-state index contributed by atoms with van der Waals surface area (Å²) in [6, 6.07) is 14.5. The van der Waals surface area contributed by atoms with Crippen LogP contribution in [0.25, 0.3) is 22.5 Å². The Morgan fingerprint density at radius 2 is 1.97 bits per heavy atom. The molecule has 0 unspecified atom stereocenters. The predicted octanol–water partition coefficient (Wildman–Crippen LogP) is 3.91. The molecule has 154 valence electrons. The fraction of sp³-hybridized carbons (Fsp3) is 0.136. The summed E-state index contributed by atoms with van der Waals surface area (Å²) in [6.07, 6.45) is 6.40. The van der Waals surface area contributed by atoms with Gasteiger partial charge >= 0.3 is 5.97 Å². The van der Waals surface area contributed by atoms with Crippen molar-refractivity contribution in [1.82, 2.24) is 29.1 Å². The van der Waals surface area contributed by atoms with Gasteiger partial charge in [0, 0.05) is 29.5 Å². The number of esters is 1. The van der Waals surface area contributed by atoms with Crippen molar-refractivity contribution in [3.63, 3.8) is 0 Å². The molecule has 3 aromatic heterocycles. The Morgan fingerprint density at radius 3 is 2.81 bits per heavy atom. The second-order valence-electron chi connectivity index (χ2n) is 6.93. The van der Waals surface area contributed by atoms with Gasteiger partial charge in [0.1, 0.15) is 6.33 Å². The van der Waals surface area contributed by atoms with Gasteiger partial charge in [-0.1, -0.05) is 11.6 Å². The van der Waals surface area contributed by atoms with E-state index in [1.807, 2.05) is 34.9 Å². The average Bonchev–Trinajstić information content (AvgIpc) is 3.40. The number of benzene rings is 2. The van der Waals surface area contributed by atoms with Crippen LogP contribution in [0.4, 0.5) is 0 Å². The Balaban J connectivity index is 1.25. The molecule has 0 amide bonds. The molecule has 0 fully saturated rings. The highest BCUT2D eigenvalue weighted by Gasteiger charge is 2.12. The lowest BCUT2D eigenvalue weighted by atomic mass is 10.2. The number of aromatic nitrogens is 6. The third-order valence-electron chi connectivity index (χ3n) is 4.83. The van der Waals surface area contributed by atoms with Crippen LogP contribution in [0.2, 0.25) is 5.02 Å². The highest BCUT2D eigenvalue weighted by Crippen LogP contribution is 2.21. The standard InChI is InChI=1S/C22H17ClN6O2/c23-16-5-7-17(8-6-16)28-14-25-18-9-4-15(13-19(18)28)21(30)31-12-1-3-20-26-22-24-10-2-11-29(22)27-20/h2,4-11,13-14H,1,3,12H2. The summed E-state index contributed by atoms with van der Waals surface area (Å²) in [5.74, 6) is 0.846. The van der Waals surface area contributed by atoms with Gasteiger partial charge in [-0.2, -0.15) is 4.98 Å². The fourth-order valence-corrected chi connectivity index (χ4v) is 3.43. The molecule has 0 aliphatic heterocycles. The highest BCUT2D eigenvalue weighted by atomic mass is 35.5. The van der Waals surface area contributed by atoms with E-state index in [2.05, 4.69) is 20.1 Å². The third kappa shape index (κ3) is 3.97. The van der Waals surface area contributed by atoms with Crippen LogP contribution in [-0.2, 0) is 11.2 Å². The Labute approximate surface area is 182 Å². The van der Waals surface area contributed by atoms with Crippen molar-refractivity contribution in [1.29, 1.82) is 0 Å². The molecule has 0 bridgehead atoms. The van der Waals surface area contributed by atoms with E-state index in [9.17, 15) is 4.79 Å². The van der Waals surface area contributed by atoms with Gasteiger partial charge in [0.2, 0.25) is 0 Å². The molecule has 0 aliphatic carbocycles. The molecule has 0 atom stereocenters. The Kier molecular flexibility index (Phi) is 5.05. The lowest BCUT2D eigenvalue weighted by molar-refractivity contribution is 0.0500. The summed E-state index contributed by atoms with van der Waals surface area (Å²) < 4.78 is 8.98. The van der Waals surface area contributed by atoms with Gasteiger partial charge in [-0.25, -0.2) is 19.3 Å². The molecule has 0 aliphatic rings. The number of carbonyl (C=O) groups excluding carboxylic acids is 1. The molecule has 2 aromatic carbocycles. The van der Waals surface area contributed by atoms with E-state index < -0.39 is 0 Å². The molecule has 8 nitrogen and oxygen atoms in total. The number of aryl methyl sites for hydroxylation is 1. The second kappa shape index (κ2) is 8.16. The minimum Gasteiger partial charge on any atom is -0.462 e. The van der Waals surface area contributed by atoms with Crippen LogP contribution in [0, 0.1) is 0 Å². The zero-order valence-corrected chi connectivity index (χ0v) is 17.1. The Bertz CT molecular complexity index is 1340. The van der Waals surface area contributed by atoms with Gasteiger partial charge in [0.15, 0.2) is 5.82 Å². The number of rotatable bonds is 6. The van der Waals surface area contributed by atoms with Gasteiger partial charge in [-0.05, 0) is 55.0 Å². The monoisotopic (exact) mass is 432 g/mol. The normalized spacial score (nSPS) is 11.3. The van der Waals surface area contributed by atoms with Crippen molar-refractivity contribution in [3.05, 3.63) is 83.7 Å². The number of imidazole rings is 1. The number of halogens is 1. The van der Waals surface area contributed by atoms with E-state index in [1.54, 1.807) is 41.4 Å². The number of fused-ring (bicyclic) bond motifs is 2. The SMILES string of the molecule is O=C(OCCCc1nc2ncccn2n1)c1ccc2ncn(-c3ccc(Cl)cc3)c2c1. The topological polar surface area (TPSA) is 87.2 Å². The summed E-state index contributed by atoms with van der Waals surface area (Å²) in [5, 5.41) is 5.00. The third-order valence-corrected chi connectivity index (χ3v) is 5.08. The first-order valence-electron chi connectivity index (χ1n) is 9.74. The van der Waals surface area contributed by atoms with E-state index in [1.165, 1.54) is 0 Å². The average molecular weight is 433 g/mol. The highest BCUT2D eigenvalue weighted by molar-refractivity contribution is 6.30. The van der Waals surface area contributed by atoms with Gasteiger partial charge in [0.05, 0.1) is 23.2 Å². The molecular formula is C22H17ClN6O2. The second-order valence-corrected chi connectivity index (χ2v) is 7.36. The van der Waals surface area contributed by atoms with E-state index in [4.69, 9.17) is 16.3 Å². The van der Waals surface area contributed by atoms with Gasteiger partial charge < -0.3 is 4.74 Å². The fourth-order valence-electron chi connectivity index (χ4n) is 3.30. The molecule has 3 heterocycles. The molecular weight excluding hydrogens is 416 g/mol. The Hall–Kier alpha value is -3.78. The molecule has 0 saturated carbocycles. The van der Waals surface area contributed by atoms with E-state index in [0.29, 0.717) is 35.0 Å². The maximum atomic E-state index is 12.5. The molecule has 5 rings (SSSR count). The van der Waals surface area contributed by atoms with Crippen molar-refractivity contribution in [2.45, 2.75) is 12.8 Å². The van der Waals surface area contributed by atoms with Crippen molar-refractivity contribution in [2.75, 3.05) is 6.61 Å². The first-order valence-corrected chi connectivity index (χ1v) is 10.1. The van der Waals surface area contributed by atoms with Gasteiger partial charge in [-0.15, -0.1) is 5.10 Å². The number of hydrogen-bond acceptors (Lipinski definition) is 6. The van der Waals surface area contributed by atoms with E-state index >= 15 is 0 Å². The predicted molar refractivity (Wildman–Crippen MR) is 115 cm³/mol. The summed E-state index contributed by atoms with van der Waals surface area (Å²) in [4.78, 5) is 25.4. The molecule has 9 heteroatoms. The zero-order valence-electron chi connectivity index (χ0n) is 16.3. The zero-order chi connectivity index (χ0) is 21.2. The smallest absolute Gasteiger partial charge is 0.338 e. The minimum atomic E-state index is -0.379. The molecule has 5 aromatic rings. The molecule has 0 N–H and O–H groups in total. The maximum absolute atomic E-state index is 12.5. The van der Waals surface area contributed by atoms with Crippen LogP contribution < -0.4 is 0 Å². The quantitative estimate of drug-likeness (QED) is 0.298. The summed E-state index contributed by atoms with van der Waals surface area (Å²) in [7, 11) is 0. The molecule has 0 saturated heterocycles. The van der Waals surface area contributed by atoms with Crippen LogP contribution in [0.1, 0.15) is 22.6 Å². The van der Waals surface area contributed by atoms with Gasteiger partial charge in [-0.3, -0.25) is 4.57 Å². The number of hydrogen-bond donors (Lipinski definition) is 0. The maximum Gasteiger partial charge on any atom is 0.338 e. The lowest BCUT2D eigenvalue weighted by Gasteiger charge is -2.07. The number of nitrogens with zero attached hydrogens (tertiary/aromatic N) is 6. The first-order chi connectivity index (χ1) is 15.2. The van der Waals surface area contributed by atoms with Crippen LogP contribution >= 0.6 is 11.6 Å². The van der Waals surface area contributed by atoms with Gasteiger partial charge in [0.25, 0.3) is 5.78 Å². The van der Waals surface area contributed by atoms with Crippen molar-refractivity contribution in [2.24, 2.45) is 0 Å². The van der Waals surface area contributed by atoms with Crippen molar-refractivity contribution >= 4 is 34.4 Å². The van der Waals surface area contributed by atoms with E-state index in [-0.39, 0.29) is 12.6 Å². The van der Waals surface area contributed by atoms with Crippen LogP contribution in [0.5, 0.6) is 0 Å². The first kappa shape index (κ1) is 19.2.